The maximum Gasteiger partial charge on any atom is 0.119 e. The van der Waals surface area contributed by atoms with Crippen LogP contribution in [-0.4, -0.2) is 134 Å². The van der Waals surface area contributed by atoms with Gasteiger partial charge in [0.25, 0.3) is 0 Å². The van der Waals surface area contributed by atoms with Crippen LogP contribution in [0.4, 0.5) is 17.1 Å². The number of aromatic hydroxyl groups is 1. The van der Waals surface area contributed by atoms with Crippen LogP contribution in [0, 0.1) is 0 Å². The van der Waals surface area contributed by atoms with Gasteiger partial charge in [-0.1, -0.05) is 164 Å². The third-order valence-corrected chi connectivity index (χ3v) is 16.6. The lowest BCUT2D eigenvalue weighted by Crippen LogP contribution is -2.54. The van der Waals surface area contributed by atoms with E-state index >= 15 is 0 Å². The van der Waals surface area contributed by atoms with E-state index in [1.54, 1.807) is 19.2 Å². The molecule has 0 amide bonds. The summed E-state index contributed by atoms with van der Waals surface area (Å²) < 4.78 is 23.4. The summed E-state index contributed by atoms with van der Waals surface area (Å²) in [6, 6.07) is 84.6. The van der Waals surface area contributed by atoms with Crippen LogP contribution in [0.15, 0.2) is 249 Å². The molecule has 0 saturated carbocycles. The summed E-state index contributed by atoms with van der Waals surface area (Å²) in [5.74, 6) is 2.88. The van der Waals surface area contributed by atoms with E-state index in [0.717, 1.165) is 118 Å². The molecule has 0 aromatic heterocycles. The highest BCUT2D eigenvalue weighted by molar-refractivity contribution is 5.53. The van der Waals surface area contributed by atoms with Gasteiger partial charge in [0.05, 0.1) is 51.7 Å². The number of piperazine rings is 3. The normalized spacial score (nSPS) is 17.2. The molecule has 3 heterocycles. The largest absolute Gasteiger partial charge is 0.508 e. The lowest BCUT2D eigenvalue weighted by atomic mass is 10.1. The predicted octanol–water partition coefficient (Wildman–Crippen LogP) is 12.2. The Labute approximate surface area is 526 Å². The summed E-state index contributed by atoms with van der Waals surface area (Å²) in [5.41, 5.74) is 10.8. The number of phenols is 1. The van der Waals surface area contributed by atoms with Crippen LogP contribution >= 0.6 is 0 Å². The first-order chi connectivity index (χ1) is 43.8. The molecule has 89 heavy (non-hydrogen) atoms. The Bertz CT molecular complexity index is 3390. The number of benzene rings is 9. The molecule has 0 unspecified atom stereocenters. The number of hydrogen-bond acceptors (Lipinski definition) is 13. The first kappa shape index (κ1) is 63.4. The summed E-state index contributed by atoms with van der Waals surface area (Å²) in [7, 11) is 1.69. The lowest BCUT2D eigenvalue weighted by Gasteiger charge is -2.42. The molecule has 0 bridgehead atoms. The number of ether oxygens (including phenoxy) is 4. The number of hydrogen-bond donors (Lipinski definition) is 3. The number of anilines is 3. The van der Waals surface area contributed by atoms with Gasteiger partial charge in [0.2, 0.25) is 0 Å². The van der Waals surface area contributed by atoms with Crippen molar-refractivity contribution in [2.75, 3.05) is 101 Å². The fraction of sp³-hybridized carbons (Fsp3) is 0.289. The van der Waals surface area contributed by atoms with Gasteiger partial charge in [-0.05, 0) is 118 Å². The van der Waals surface area contributed by atoms with Gasteiger partial charge in [0, 0.05) is 95.6 Å². The highest BCUT2D eigenvalue weighted by Gasteiger charge is 2.30. The Balaban J connectivity index is 0.000000153. The van der Waals surface area contributed by atoms with Gasteiger partial charge in [0.15, 0.2) is 0 Å². The molecule has 0 radical (unpaired) electrons. The zero-order chi connectivity index (χ0) is 61.2. The Kier molecular flexibility index (Phi) is 23.9. The first-order valence-corrected chi connectivity index (χ1v) is 31.2. The van der Waals surface area contributed by atoms with E-state index < -0.39 is 0 Å². The molecule has 3 aliphatic heterocycles. The minimum absolute atomic E-state index is 0.0852. The summed E-state index contributed by atoms with van der Waals surface area (Å²) in [4.78, 5) is 14.3. The third kappa shape index (κ3) is 19.4. The van der Waals surface area contributed by atoms with Crippen LogP contribution in [0.25, 0.3) is 0 Å². The van der Waals surface area contributed by atoms with E-state index in [1.807, 2.05) is 84.9 Å². The number of rotatable bonds is 22. The van der Waals surface area contributed by atoms with Crippen molar-refractivity contribution in [2.45, 2.75) is 57.6 Å². The highest BCUT2D eigenvalue weighted by atomic mass is 16.5. The Morgan fingerprint density at radius 1 is 0.337 bits per heavy atom. The summed E-state index contributed by atoms with van der Waals surface area (Å²) in [6.07, 6.45) is 0. The average molecular weight is 1200 g/mol. The van der Waals surface area contributed by atoms with Crippen molar-refractivity contribution in [3.63, 3.8) is 0 Å². The number of aliphatic hydroxyl groups is 2. The van der Waals surface area contributed by atoms with Crippen molar-refractivity contribution in [1.82, 2.24) is 14.7 Å². The number of nitrogens with zero attached hydrogens (tertiary/aromatic N) is 6. The number of methoxy groups -OCH3 is 1. The second-order valence-electron chi connectivity index (χ2n) is 23.0. The fourth-order valence-corrected chi connectivity index (χ4v) is 11.8. The lowest BCUT2D eigenvalue weighted by molar-refractivity contribution is 0.0817. The third-order valence-electron chi connectivity index (χ3n) is 16.6. The average Bonchev–Trinajstić information content (AvgIpc) is 3.74. The quantitative estimate of drug-likeness (QED) is 0.0598. The van der Waals surface area contributed by atoms with E-state index in [1.165, 1.54) is 27.9 Å². The smallest absolute Gasteiger partial charge is 0.119 e. The molecular formula is C76H86N6O7. The molecule has 462 valence electrons. The molecule has 13 heteroatoms. The molecule has 9 aromatic carbocycles. The topological polar surface area (TPSA) is 117 Å². The first-order valence-electron chi connectivity index (χ1n) is 31.2. The van der Waals surface area contributed by atoms with Crippen LogP contribution in [0.3, 0.4) is 0 Å². The summed E-state index contributed by atoms with van der Waals surface area (Å²) >= 11 is 0. The maximum absolute atomic E-state index is 9.98. The Hall–Kier alpha value is -8.66. The highest BCUT2D eigenvalue weighted by Crippen LogP contribution is 2.29. The van der Waals surface area contributed by atoms with E-state index in [4.69, 9.17) is 18.9 Å². The van der Waals surface area contributed by atoms with Crippen LogP contribution in [-0.2, 0) is 44.2 Å². The molecule has 13 nitrogen and oxygen atoms in total. The van der Waals surface area contributed by atoms with Crippen molar-refractivity contribution in [1.29, 1.82) is 0 Å². The van der Waals surface area contributed by atoms with Gasteiger partial charge in [-0.3, -0.25) is 14.7 Å². The molecule has 9 aromatic rings. The Morgan fingerprint density at radius 2 is 0.652 bits per heavy atom. The summed E-state index contributed by atoms with van der Waals surface area (Å²) in [6.45, 7) is 13.8. The van der Waals surface area contributed by atoms with Crippen LogP contribution in [0.2, 0.25) is 0 Å². The second-order valence-corrected chi connectivity index (χ2v) is 23.0. The van der Waals surface area contributed by atoms with Crippen molar-refractivity contribution >= 4 is 17.1 Å². The monoisotopic (exact) mass is 1190 g/mol. The van der Waals surface area contributed by atoms with Crippen molar-refractivity contribution in [3.8, 4) is 23.0 Å². The molecule has 12 rings (SSSR count). The number of aliphatic hydroxyl groups excluding tert-OH is 2. The minimum atomic E-state index is 0.0852. The number of phenolic OH excluding ortho intramolecular Hbond substituents is 1. The van der Waals surface area contributed by atoms with Crippen molar-refractivity contribution in [3.05, 3.63) is 282 Å². The Morgan fingerprint density at radius 3 is 1.01 bits per heavy atom. The van der Waals surface area contributed by atoms with Crippen LogP contribution in [0.1, 0.15) is 33.4 Å². The van der Waals surface area contributed by atoms with E-state index in [-0.39, 0.29) is 37.1 Å². The van der Waals surface area contributed by atoms with Gasteiger partial charge in [0.1, 0.15) is 36.2 Å². The SMILES string of the molecule is COc1ccc(COC[C@H]2CN(Cc3ccccc3)CCN2c2ccc(OCc3ccccc3)cc2)cc1.OC[C@H]1CN(Cc2ccccc2)CCN1c1ccc(O)cc1.OC[C@H]1CN(Cc2ccccc2)CCN1c1ccc(OCc2ccccc2)cc1. The van der Waals surface area contributed by atoms with Crippen molar-refractivity contribution in [2.24, 2.45) is 0 Å². The van der Waals surface area contributed by atoms with Gasteiger partial charge in [-0.25, -0.2) is 0 Å². The fourth-order valence-electron chi connectivity index (χ4n) is 11.8. The minimum Gasteiger partial charge on any atom is -0.508 e. The summed E-state index contributed by atoms with van der Waals surface area (Å²) in [5, 5.41) is 29.1. The van der Waals surface area contributed by atoms with Gasteiger partial charge >= 0.3 is 0 Å². The predicted molar refractivity (Wildman–Crippen MR) is 358 cm³/mol. The molecule has 0 aliphatic carbocycles. The molecule has 0 spiro atoms. The van der Waals surface area contributed by atoms with E-state index in [9.17, 15) is 15.3 Å². The van der Waals surface area contributed by atoms with E-state index in [0.29, 0.717) is 26.4 Å². The van der Waals surface area contributed by atoms with E-state index in [2.05, 4.69) is 181 Å². The molecule has 3 atom stereocenters. The zero-order valence-corrected chi connectivity index (χ0v) is 51.3. The van der Waals surface area contributed by atoms with Gasteiger partial charge < -0.3 is 49.0 Å². The van der Waals surface area contributed by atoms with Gasteiger partial charge in [-0.2, -0.15) is 0 Å². The zero-order valence-electron chi connectivity index (χ0n) is 51.3. The molecule has 3 aliphatic rings. The molecule has 3 N–H and O–H groups in total. The molecule has 3 fully saturated rings. The standard InChI is InChI=1S/C33H36N2O3.C25H28N2O2.C18H22N2O2/c1-36-32-16-12-29(13-17-32)24-37-26-31-23-34(22-27-8-4-2-5-9-27)20-21-35(31)30-14-18-33(19-15-30)38-25-28-10-6-3-7-11-28;28-19-24-18-26(17-21-7-3-1-4-8-21)15-16-27(24)23-11-13-25(14-12-23)29-20-22-9-5-2-6-10-22;21-14-17-13-19(12-15-4-2-1-3-5-15)10-11-20(17)16-6-8-18(22)9-7-16/h2-19,31H,20-26H2,1H3;1-14,24,28H,15-20H2;1-9,17,21-22H,10-14H2/t31-;24-;17-/m111/s1. The molecule has 3 saturated heterocycles. The second kappa shape index (κ2) is 33.6. The van der Waals surface area contributed by atoms with Crippen LogP contribution < -0.4 is 28.9 Å². The van der Waals surface area contributed by atoms with Crippen molar-refractivity contribution < 1.29 is 34.3 Å². The maximum atomic E-state index is 9.98. The van der Waals surface area contributed by atoms with Crippen LogP contribution in [0.5, 0.6) is 23.0 Å². The van der Waals surface area contributed by atoms with Gasteiger partial charge in [-0.15, -0.1) is 0 Å². The molecular weight excluding hydrogens is 1110 g/mol.